The predicted molar refractivity (Wildman–Crippen MR) is 102 cm³/mol. The Morgan fingerprint density at radius 2 is 1.83 bits per heavy atom. The Bertz CT molecular complexity index is 439. The molecule has 0 radical (unpaired) electrons. The van der Waals surface area contributed by atoms with Gasteiger partial charge in [-0.1, -0.05) is 20.8 Å². The summed E-state index contributed by atoms with van der Waals surface area (Å²) in [4.78, 5) is 11.7. The summed E-state index contributed by atoms with van der Waals surface area (Å²) in [7, 11) is 1.52. The minimum atomic E-state index is 0.00842. The van der Waals surface area contributed by atoms with Gasteiger partial charge in [-0.2, -0.15) is 11.8 Å². The second-order valence-corrected chi connectivity index (χ2v) is 10.8. The summed E-state index contributed by atoms with van der Waals surface area (Å²) in [5.41, 5.74) is 0.580. The molecule has 3 fully saturated rings. The number of rotatable bonds is 4. The molecule has 2 bridgehead atoms. The molecular formula is C21H36O2S. The molecule has 3 rings (SSSR count). The summed E-state index contributed by atoms with van der Waals surface area (Å²) in [6.45, 7) is 7.57. The van der Waals surface area contributed by atoms with Crippen LogP contribution in [-0.4, -0.2) is 24.1 Å². The summed E-state index contributed by atoms with van der Waals surface area (Å²) in [5.74, 6) is 5.20. The van der Waals surface area contributed by atoms with Crippen LogP contribution in [0.5, 0.6) is 0 Å². The average Bonchev–Trinajstić information content (AvgIpc) is 2.52. The highest BCUT2D eigenvalue weighted by Crippen LogP contribution is 2.56. The maximum absolute atomic E-state index is 11.7. The number of methoxy groups -OCH3 is 1. The van der Waals surface area contributed by atoms with E-state index in [1.165, 1.54) is 51.4 Å². The molecule has 0 aromatic carbocycles. The maximum Gasteiger partial charge on any atom is 0.308 e. The maximum atomic E-state index is 11.7. The smallest absolute Gasteiger partial charge is 0.308 e. The number of carbonyl (C=O) groups excluding carboxylic acids is 1. The third kappa shape index (κ3) is 3.97. The zero-order valence-corrected chi connectivity index (χ0v) is 16.9. The normalized spacial score (nSPS) is 45.7. The van der Waals surface area contributed by atoms with Crippen molar-refractivity contribution in [2.24, 2.45) is 35.0 Å². The van der Waals surface area contributed by atoms with E-state index in [-0.39, 0.29) is 11.9 Å². The lowest BCUT2D eigenvalue weighted by Gasteiger charge is -2.54. The van der Waals surface area contributed by atoms with Gasteiger partial charge in [0.05, 0.1) is 13.0 Å². The SMILES string of the molecule is COC(=O)C1CCC(SCC2C(C)CC3CC(C)CC2(C)C3)CC1. The Labute approximate surface area is 152 Å². The fourth-order valence-corrected chi connectivity index (χ4v) is 8.19. The molecular weight excluding hydrogens is 316 g/mol. The van der Waals surface area contributed by atoms with E-state index in [1.54, 1.807) is 0 Å². The van der Waals surface area contributed by atoms with E-state index in [4.69, 9.17) is 4.74 Å². The van der Waals surface area contributed by atoms with Gasteiger partial charge in [0.1, 0.15) is 0 Å². The van der Waals surface area contributed by atoms with Crippen molar-refractivity contribution in [3.63, 3.8) is 0 Å². The number of carbonyl (C=O) groups is 1. The second kappa shape index (κ2) is 7.60. The lowest BCUT2D eigenvalue weighted by atomic mass is 9.53. The molecule has 2 nitrogen and oxygen atoms in total. The van der Waals surface area contributed by atoms with Gasteiger partial charge in [-0.3, -0.25) is 4.79 Å². The highest BCUT2D eigenvalue weighted by molar-refractivity contribution is 7.99. The van der Waals surface area contributed by atoms with Crippen molar-refractivity contribution in [3.8, 4) is 0 Å². The lowest BCUT2D eigenvalue weighted by molar-refractivity contribution is -0.146. The van der Waals surface area contributed by atoms with Crippen molar-refractivity contribution < 1.29 is 9.53 Å². The zero-order chi connectivity index (χ0) is 17.3. The van der Waals surface area contributed by atoms with Crippen LogP contribution >= 0.6 is 11.8 Å². The highest BCUT2D eigenvalue weighted by atomic mass is 32.2. The van der Waals surface area contributed by atoms with Crippen LogP contribution in [0.25, 0.3) is 0 Å². The van der Waals surface area contributed by atoms with E-state index in [2.05, 4.69) is 32.5 Å². The van der Waals surface area contributed by atoms with Gasteiger partial charge in [-0.05, 0) is 86.2 Å². The Morgan fingerprint density at radius 1 is 1.12 bits per heavy atom. The van der Waals surface area contributed by atoms with Crippen LogP contribution in [-0.2, 0) is 9.53 Å². The molecule has 3 heteroatoms. The first-order chi connectivity index (χ1) is 11.4. The molecule has 0 amide bonds. The molecule has 0 N–H and O–H groups in total. The van der Waals surface area contributed by atoms with Gasteiger partial charge >= 0.3 is 5.97 Å². The number of hydrogen-bond acceptors (Lipinski definition) is 3. The van der Waals surface area contributed by atoms with Crippen LogP contribution in [0, 0.1) is 35.0 Å². The summed E-state index contributed by atoms with van der Waals surface area (Å²) in [5, 5.41) is 0.764. The third-order valence-electron chi connectivity index (χ3n) is 7.31. The number of hydrogen-bond donors (Lipinski definition) is 0. The van der Waals surface area contributed by atoms with E-state index >= 15 is 0 Å². The lowest BCUT2D eigenvalue weighted by Crippen LogP contribution is -2.45. The molecule has 5 atom stereocenters. The number of thioether (sulfide) groups is 1. The fraction of sp³-hybridized carbons (Fsp3) is 0.952. The molecule has 0 spiro atoms. The molecule has 0 saturated heterocycles. The minimum absolute atomic E-state index is 0.00842. The summed E-state index contributed by atoms with van der Waals surface area (Å²) >= 11 is 2.22. The minimum Gasteiger partial charge on any atom is -0.469 e. The molecule has 0 aromatic heterocycles. The van der Waals surface area contributed by atoms with E-state index in [1.807, 2.05) is 0 Å². The number of ether oxygens (including phenoxy) is 1. The Hall–Kier alpha value is -0.180. The molecule has 0 aliphatic heterocycles. The Balaban J connectivity index is 1.52. The fourth-order valence-electron chi connectivity index (χ4n) is 6.37. The van der Waals surface area contributed by atoms with Gasteiger partial charge in [0, 0.05) is 5.25 Å². The van der Waals surface area contributed by atoms with Crippen LogP contribution in [0.15, 0.2) is 0 Å². The van der Waals surface area contributed by atoms with Gasteiger partial charge in [0.25, 0.3) is 0 Å². The largest absolute Gasteiger partial charge is 0.469 e. The van der Waals surface area contributed by atoms with Crippen molar-refractivity contribution in [3.05, 3.63) is 0 Å². The quantitative estimate of drug-likeness (QED) is 0.620. The monoisotopic (exact) mass is 352 g/mol. The van der Waals surface area contributed by atoms with Crippen LogP contribution in [0.1, 0.15) is 72.1 Å². The third-order valence-corrected chi connectivity index (χ3v) is 8.81. The molecule has 3 aliphatic carbocycles. The zero-order valence-electron chi connectivity index (χ0n) is 16.1. The molecule has 24 heavy (non-hydrogen) atoms. The summed E-state index contributed by atoms with van der Waals surface area (Å²) < 4.78 is 4.92. The van der Waals surface area contributed by atoms with E-state index in [0.717, 1.165) is 41.8 Å². The van der Waals surface area contributed by atoms with E-state index in [9.17, 15) is 4.79 Å². The Morgan fingerprint density at radius 3 is 2.50 bits per heavy atom. The highest BCUT2D eigenvalue weighted by Gasteiger charge is 2.47. The molecule has 3 aliphatic rings. The van der Waals surface area contributed by atoms with Crippen molar-refractivity contribution in [2.75, 3.05) is 12.9 Å². The van der Waals surface area contributed by atoms with Gasteiger partial charge in [-0.15, -0.1) is 0 Å². The van der Waals surface area contributed by atoms with Crippen LogP contribution in [0.3, 0.4) is 0 Å². The van der Waals surface area contributed by atoms with Crippen molar-refractivity contribution >= 4 is 17.7 Å². The van der Waals surface area contributed by atoms with Crippen molar-refractivity contribution in [1.82, 2.24) is 0 Å². The Kier molecular flexibility index (Phi) is 5.89. The number of esters is 1. The molecule has 0 aromatic rings. The molecule has 5 unspecified atom stereocenters. The summed E-state index contributed by atoms with van der Waals surface area (Å²) in [6.07, 6.45) is 10.3. The summed E-state index contributed by atoms with van der Waals surface area (Å²) in [6, 6.07) is 0. The molecule has 138 valence electrons. The van der Waals surface area contributed by atoms with Gasteiger partial charge < -0.3 is 4.74 Å². The van der Waals surface area contributed by atoms with Crippen molar-refractivity contribution in [2.45, 2.75) is 77.4 Å². The average molecular weight is 353 g/mol. The molecule has 0 heterocycles. The van der Waals surface area contributed by atoms with E-state index in [0.29, 0.717) is 5.41 Å². The van der Waals surface area contributed by atoms with Crippen LogP contribution < -0.4 is 0 Å². The standard InChI is InChI=1S/C21H36O2S/c1-14-9-16-10-15(2)19(21(3,11-14)12-16)13-24-18-7-5-17(6-8-18)20(22)23-4/h14-19H,5-13H2,1-4H3. The van der Waals surface area contributed by atoms with Crippen LogP contribution in [0.2, 0.25) is 0 Å². The molecule has 3 saturated carbocycles. The number of fused-ring (bicyclic) bond motifs is 2. The first-order valence-electron chi connectivity index (χ1n) is 10.1. The van der Waals surface area contributed by atoms with Gasteiger partial charge in [-0.25, -0.2) is 0 Å². The second-order valence-electron chi connectivity index (χ2n) is 9.42. The van der Waals surface area contributed by atoms with Gasteiger partial charge in [0.2, 0.25) is 0 Å². The first kappa shape index (κ1) is 18.6. The predicted octanol–water partition coefficient (Wildman–Crippen LogP) is 5.55. The topological polar surface area (TPSA) is 26.3 Å². The van der Waals surface area contributed by atoms with Gasteiger partial charge in [0.15, 0.2) is 0 Å². The van der Waals surface area contributed by atoms with Crippen molar-refractivity contribution in [1.29, 1.82) is 0 Å². The first-order valence-corrected chi connectivity index (χ1v) is 11.2. The van der Waals surface area contributed by atoms with Crippen LogP contribution in [0.4, 0.5) is 0 Å². The van der Waals surface area contributed by atoms with E-state index < -0.39 is 0 Å².